The molecule has 0 heterocycles. The standard InChI is InChI=1S/C5H11NO2Se/c1-3(7)4(6)5(9)8-2/h3-4,7H,6H2,1-2H3/t3?,4-/m0/s1. The van der Waals surface area contributed by atoms with Crippen LogP contribution in [0.3, 0.4) is 0 Å². The first kappa shape index (κ1) is 9.11. The number of rotatable bonds is 3. The van der Waals surface area contributed by atoms with Gasteiger partial charge < -0.3 is 0 Å². The first-order valence-electron chi connectivity index (χ1n) is 2.61. The Kier molecular flexibility index (Phi) is 4.06. The van der Waals surface area contributed by atoms with Crippen LogP contribution in [0, 0.1) is 0 Å². The van der Waals surface area contributed by atoms with Crippen LogP contribution in [0.4, 0.5) is 0 Å². The third kappa shape index (κ3) is 2.96. The molecule has 0 aliphatic carbocycles. The Balaban J connectivity index is 3.72. The van der Waals surface area contributed by atoms with E-state index in [4.69, 9.17) is 15.6 Å². The Labute approximate surface area is 62.5 Å². The summed E-state index contributed by atoms with van der Waals surface area (Å²) in [5.41, 5.74) is 5.43. The van der Waals surface area contributed by atoms with Crippen molar-refractivity contribution in [2.45, 2.75) is 19.1 Å². The van der Waals surface area contributed by atoms with Crippen molar-refractivity contribution in [1.82, 2.24) is 0 Å². The molecule has 0 saturated heterocycles. The van der Waals surface area contributed by atoms with Crippen LogP contribution < -0.4 is 5.73 Å². The molecular formula is C5H11NO2Se. The van der Waals surface area contributed by atoms with Crippen LogP contribution in [0.15, 0.2) is 0 Å². The summed E-state index contributed by atoms with van der Waals surface area (Å²) in [6.45, 7) is 1.61. The molecule has 2 atom stereocenters. The summed E-state index contributed by atoms with van der Waals surface area (Å²) in [6.07, 6.45) is -0.568. The average Bonchev–Trinajstić information content (AvgIpc) is 1.84. The summed E-state index contributed by atoms with van der Waals surface area (Å²) in [7, 11) is 1.51. The number of ether oxygens (including phenoxy) is 1. The fourth-order valence-electron chi connectivity index (χ4n) is 0.333. The van der Waals surface area contributed by atoms with E-state index in [1.165, 1.54) is 7.11 Å². The van der Waals surface area contributed by atoms with Crippen LogP contribution in [0.5, 0.6) is 0 Å². The summed E-state index contributed by atoms with van der Waals surface area (Å²) in [6, 6.07) is -0.421. The molecule has 9 heavy (non-hydrogen) atoms. The summed E-state index contributed by atoms with van der Waals surface area (Å²) >= 11 is 2.62. The summed E-state index contributed by atoms with van der Waals surface area (Å²) < 4.78 is 5.28. The summed E-state index contributed by atoms with van der Waals surface area (Å²) in [4.78, 5) is 0. The predicted molar refractivity (Wildman–Crippen MR) is 37.4 cm³/mol. The molecule has 0 amide bonds. The molecule has 0 aromatic rings. The molecule has 0 aliphatic heterocycles. The van der Waals surface area contributed by atoms with E-state index in [1.807, 2.05) is 0 Å². The van der Waals surface area contributed by atoms with Gasteiger partial charge in [-0.05, 0) is 0 Å². The van der Waals surface area contributed by atoms with Crippen molar-refractivity contribution >= 4 is 20.2 Å². The summed E-state index contributed by atoms with van der Waals surface area (Å²) in [5, 5.41) is 8.88. The predicted octanol–water partition coefficient (Wildman–Crippen LogP) is -1.36. The Bertz CT molecular complexity index is 105. The van der Waals surface area contributed by atoms with Crippen molar-refractivity contribution in [3.05, 3.63) is 0 Å². The van der Waals surface area contributed by atoms with E-state index in [0.717, 1.165) is 0 Å². The van der Waals surface area contributed by atoms with Crippen LogP contribution in [-0.4, -0.2) is 44.5 Å². The molecule has 0 spiro atoms. The van der Waals surface area contributed by atoms with Crippen molar-refractivity contribution in [3.8, 4) is 0 Å². The number of hydrogen-bond acceptors (Lipinski definition) is 3. The SMILES string of the molecule is COC(=[Se])[C@@H](N)C(C)O. The van der Waals surface area contributed by atoms with Gasteiger partial charge in [-0.1, -0.05) is 0 Å². The number of aliphatic hydroxyl groups is 1. The van der Waals surface area contributed by atoms with Crippen LogP contribution in [0.25, 0.3) is 0 Å². The maximum atomic E-state index is 8.88. The minimum absolute atomic E-state index is 0.421. The minimum atomic E-state index is -0.568. The van der Waals surface area contributed by atoms with Gasteiger partial charge in [0.05, 0.1) is 0 Å². The van der Waals surface area contributed by atoms with Crippen LogP contribution >= 0.6 is 0 Å². The molecule has 1 unspecified atom stereocenters. The van der Waals surface area contributed by atoms with E-state index in [9.17, 15) is 0 Å². The van der Waals surface area contributed by atoms with Crippen molar-refractivity contribution in [1.29, 1.82) is 0 Å². The molecule has 0 aromatic carbocycles. The second kappa shape index (κ2) is 4.01. The van der Waals surface area contributed by atoms with E-state index in [1.54, 1.807) is 6.92 Å². The third-order valence-corrected chi connectivity index (χ3v) is 1.91. The van der Waals surface area contributed by atoms with Gasteiger partial charge in [0.2, 0.25) is 0 Å². The Morgan fingerprint density at radius 3 is 2.33 bits per heavy atom. The number of aliphatic hydroxyl groups excluding tert-OH is 1. The van der Waals surface area contributed by atoms with Crippen LogP contribution in [-0.2, 0) is 4.74 Å². The topological polar surface area (TPSA) is 55.5 Å². The molecule has 3 N–H and O–H groups in total. The number of hydrogen-bond donors (Lipinski definition) is 2. The Morgan fingerprint density at radius 1 is 1.78 bits per heavy atom. The molecule has 54 valence electrons. The van der Waals surface area contributed by atoms with Gasteiger partial charge in [-0.15, -0.1) is 0 Å². The van der Waals surface area contributed by atoms with Gasteiger partial charge in [0.1, 0.15) is 0 Å². The van der Waals surface area contributed by atoms with Gasteiger partial charge in [-0.25, -0.2) is 0 Å². The molecule has 0 saturated carbocycles. The van der Waals surface area contributed by atoms with E-state index in [2.05, 4.69) is 15.6 Å². The van der Waals surface area contributed by atoms with Gasteiger partial charge in [0.25, 0.3) is 0 Å². The van der Waals surface area contributed by atoms with Crippen molar-refractivity contribution < 1.29 is 9.84 Å². The quantitative estimate of drug-likeness (QED) is 0.548. The van der Waals surface area contributed by atoms with Crippen molar-refractivity contribution in [2.75, 3.05) is 7.11 Å². The van der Waals surface area contributed by atoms with Crippen molar-refractivity contribution in [3.63, 3.8) is 0 Å². The van der Waals surface area contributed by atoms with Gasteiger partial charge in [-0.2, -0.15) is 0 Å². The fraction of sp³-hybridized carbons (Fsp3) is 0.800. The molecule has 0 aromatic heterocycles. The Morgan fingerprint density at radius 2 is 2.22 bits per heavy atom. The third-order valence-electron chi connectivity index (χ3n) is 0.993. The Hall–Kier alpha value is 0.109. The van der Waals surface area contributed by atoms with Gasteiger partial charge in [0.15, 0.2) is 0 Å². The maximum absolute atomic E-state index is 8.88. The molecule has 3 nitrogen and oxygen atoms in total. The monoisotopic (exact) mass is 197 g/mol. The second-order valence-electron chi connectivity index (χ2n) is 1.79. The van der Waals surface area contributed by atoms with Gasteiger partial charge in [-0.3, -0.25) is 0 Å². The van der Waals surface area contributed by atoms with Gasteiger partial charge >= 0.3 is 61.9 Å². The molecule has 4 heteroatoms. The summed E-state index contributed by atoms with van der Waals surface area (Å²) in [5.74, 6) is 0. The first-order valence-corrected chi connectivity index (χ1v) is 3.46. The zero-order chi connectivity index (χ0) is 7.44. The number of methoxy groups -OCH3 is 1. The zero-order valence-corrected chi connectivity index (χ0v) is 7.21. The number of nitrogens with two attached hydrogens (primary N) is 1. The van der Waals surface area contributed by atoms with Gasteiger partial charge in [0, 0.05) is 0 Å². The molecule has 0 rings (SSSR count). The molecule has 0 radical (unpaired) electrons. The zero-order valence-electron chi connectivity index (χ0n) is 5.50. The fourth-order valence-corrected chi connectivity index (χ4v) is 0.746. The molecule has 0 fully saturated rings. The second-order valence-corrected chi connectivity index (χ2v) is 2.63. The normalized spacial score (nSPS) is 16.4. The van der Waals surface area contributed by atoms with Crippen LogP contribution in [0.1, 0.15) is 6.92 Å². The first-order chi connectivity index (χ1) is 4.09. The van der Waals surface area contributed by atoms with E-state index >= 15 is 0 Å². The van der Waals surface area contributed by atoms with E-state index in [-0.39, 0.29) is 0 Å². The van der Waals surface area contributed by atoms with E-state index < -0.39 is 12.1 Å². The van der Waals surface area contributed by atoms with Crippen LogP contribution in [0.2, 0.25) is 0 Å². The van der Waals surface area contributed by atoms with Crippen molar-refractivity contribution in [2.24, 2.45) is 5.73 Å². The molecule has 0 bridgehead atoms. The van der Waals surface area contributed by atoms with E-state index in [0.29, 0.717) is 4.60 Å². The molecular weight excluding hydrogens is 185 g/mol. The average molecular weight is 196 g/mol. The molecule has 0 aliphatic rings.